The second-order valence-electron chi connectivity index (χ2n) is 6.51. The smallest absolute Gasteiger partial charge is 0.269 e. The van der Waals surface area contributed by atoms with Crippen molar-refractivity contribution in [3.05, 3.63) is 70.8 Å². The molecule has 1 atom stereocenters. The van der Waals surface area contributed by atoms with Crippen LogP contribution in [0, 0.1) is 5.82 Å². The molecule has 9 heteroatoms. The van der Waals surface area contributed by atoms with Crippen LogP contribution in [0.3, 0.4) is 0 Å². The Bertz CT molecular complexity index is 1030. The number of carbonyl (C=O) groups is 1. The number of amides is 1. The van der Waals surface area contributed by atoms with Crippen LogP contribution in [0.2, 0.25) is 5.02 Å². The highest BCUT2D eigenvalue weighted by atomic mass is 35.5. The Morgan fingerprint density at radius 2 is 1.93 bits per heavy atom. The molecule has 0 radical (unpaired) electrons. The first-order valence-corrected chi connectivity index (χ1v) is 9.28. The van der Waals surface area contributed by atoms with Crippen molar-refractivity contribution in [2.75, 3.05) is 0 Å². The molecule has 0 fully saturated rings. The highest BCUT2D eigenvalue weighted by molar-refractivity contribution is 6.39. The Morgan fingerprint density at radius 1 is 1.17 bits per heavy atom. The summed E-state index contributed by atoms with van der Waals surface area (Å²) in [6, 6.07) is 13.0. The maximum Gasteiger partial charge on any atom is 0.269 e. The highest BCUT2D eigenvalue weighted by Crippen LogP contribution is 2.20. The lowest BCUT2D eigenvalue weighted by Crippen LogP contribution is -2.30. The molecular weight excluding hydrogens is 399 g/mol. The fourth-order valence-electron chi connectivity index (χ4n) is 2.81. The van der Waals surface area contributed by atoms with Gasteiger partial charge in [-0.15, -0.1) is 0 Å². The summed E-state index contributed by atoms with van der Waals surface area (Å²) in [5, 5.41) is 11.2. The third kappa shape index (κ3) is 4.78. The van der Waals surface area contributed by atoms with Crippen LogP contribution < -0.4 is 5.32 Å². The molecule has 1 N–H and O–H groups in total. The zero-order chi connectivity index (χ0) is 20.2. The first-order chi connectivity index (χ1) is 14.1. The lowest BCUT2D eigenvalue weighted by molar-refractivity contribution is -0.115. The maximum absolute atomic E-state index is 13.0. The minimum absolute atomic E-state index is 0.289. The van der Waals surface area contributed by atoms with Gasteiger partial charge in [-0.3, -0.25) is 4.79 Å². The molecule has 1 unspecified atom stereocenters. The summed E-state index contributed by atoms with van der Waals surface area (Å²) < 4.78 is 18.2. The van der Waals surface area contributed by atoms with Crippen LogP contribution in [0.25, 0.3) is 11.5 Å². The number of carbonyl (C=O) groups excluding carboxylic acids is 1. The second-order valence-corrected chi connectivity index (χ2v) is 6.94. The topological polar surface area (TPSA) is 89.6 Å². The molecular formula is C20H16ClFN4O3. The summed E-state index contributed by atoms with van der Waals surface area (Å²) in [6.45, 7) is 0.367. The van der Waals surface area contributed by atoms with Crippen molar-refractivity contribution in [3.63, 3.8) is 0 Å². The van der Waals surface area contributed by atoms with Gasteiger partial charge in [0, 0.05) is 23.6 Å². The van der Waals surface area contributed by atoms with Crippen molar-refractivity contribution in [2.45, 2.75) is 25.5 Å². The molecule has 2 heterocycles. The van der Waals surface area contributed by atoms with Crippen LogP contribution in [0.1, 0.15) is 17.8 Å². The van der Waals surface area contributed by atoms with E-state index in [1.807, 2.05) is 12.1 Å². The molecule has 1 aliphatic rings. The first kappa shape index (κ1) is 19.1. The largest absolute Gasteiger partial charge is 0.391 e. The van der Waals surface area contributed by atoms with Gasteiger partial charge in [-0.25, -0.2) is 4.39 Å². The fraction of sp³-hybridized carbons (Fsp3) is 0.200. The summed E-state index contributed by atoms with van der Waals surface area (Å²) in [6.07, 6.45) is 0.319. The maximum atomic E-state index is 13.0. The average molecular weight is 415 g/mol. The number of halogens is 2. The monoisotopic (exact) mass is 414 g/mol. The van der Waals surface area contributed by atoms with Crippen molar-refractivity contribution in [1.29, 1.82) is 0 Å². The van der Waals surface area contributed by atoms with Gasteiger partial charge in [0.15, 0.2) is 5.82 Å². The van der Waals surface area contributed by atoms with Crippen LogP contribution >= 0.6 is 11.6 Å². The van der Waals surface area contributed by atoms with Crippen molar-refractivity contribution < 1.29 is 18.5 Å². The van der Waals surface area contributed by atoms with E-state index in [0.29, 0.717) is 47.4 Å². The van der Waals surface area contributed by atoms with Crippen molar-refractivity contribution in [1.82, 2.24) is 15.5 Å². The standard InChI is InChI=1S/C20H16ClFN4O3/c21-14-5-1-12(2-6-14)11-23-19(27)17-9-16(28-25-17)10-18-24-20(29-26-18)13-3-7-15(22)8-4-13/h1-8,16H,9-11H2,(H,23,27). The van der Waals surface area contributed by atoms with Gasteiger partial charge in [0.05, 0.1) is 6.42 Å². The molecule has 0 bridgehead atoms. The molecule has 1 aliphatic heterocycles. The van der Waals surface area contributed by atoms with Crippen LogP contribution in [-0.2, 0) is 22.6 Å². The van der Waals surface area contributed by atoms with E-state index in [1.165, 1.54) is 12.1 Å². The zero-order valence-electron chi connectivity index (χ0n) is 15.1. The van der Waals surface area contributed by atoms with Crippen molar-refractivity contribution in [2.24, 2.45) is 5.16 Å². The molecule has 7 nitrogen and oxygen atoms in total. The van der Waals surface area contributed by atoms with Gasteiger partial charge in [-0.1, -0.05) is 34.0 Å². The van der Waals surface area contributed by atoms with Crippen LogP contribution in [0.15, 0.2) is 58.2 Å². The highest BCUT2D eigenvalue weighted by Gasteiger charge is 2.27. The molecule has 148 valence electrons. The Labute approximate surface area is 170 Å². The minimum Gasteiger partial charge on any atom is -0.391 e. The predicted molar refractivity (Wildman–Crippen MR) is 104 cm³/mol. The second kappa shape index (κ2) is 8.40. The number of nitrogens with zero attached hydrogens (tertiary/aromatic N) is 3. The number of benzene rings is 2. The van der Waals surface area contributed by atoms with Crippen LogP contribution in [0.5, 0.6) is 0 Å². The minimum atomic E-state index is -0.357. The Morgan fingerprint density at radius 3 is 2.69 bits per heavy atom. The van der Waals surface area contributed by atoms with Gasteiger partial charge < -0.3 is 14.7 Å². The zero-order valence-corrected chi connectivity index (χ0v) is 15.9. The third-order valence-corrected chi connectivity index (χ3v) is 4.58. The number of aromatic nitrogens is 2. The molecule has 0 spiro atoms. The van der Waals surface area contributed by atoms with E-state index in [1.54, 1.807) is 24.3 Å². The summed E-state index contributed by atoms with van der Waals surface area (Å²) in [7, 11) is 0. The molecule has 0 saturated heterocycles. The van der Waals surface area contributed by atoms with Gasteiger partial charge in [0.25, 0.3) is 11.8 Å². The van der Waals surface area contributed by atoms with Gasteiger partial charge >= 0.3 is 0 Å². The van der Waals surface area contributed by atoms with Gasteiger partial charge in [-0.2, -0.15) is 4.98 Å². The van der Waals surface area contributed by atoms with E-state index < -0.39 is 0 Å². The number of rotatable bonds is 6. The van der Waals surface area contributed by atoms with Gasteiger partial charge in [0.2, 0.25) is 0 Å². The SMILES string of the molecule is O=C(NCc1ccc(Cl)cc1)C1=NOC(Cc2noc(-c3ccc(F)cc3)n2)C1. The average Bonchev–Trinajstić information content (AvgIpc) is 3.38. The fourth-order valence-corrected chi connectivity index (χ4v) is 2.93. The molecule has 29 heavy (non-hydrogen) atoms. The molecule has 1 aromatic heterocycles. The number of nitrogens with one attached hydrogen (secondary N) is 1. The Kier molecular flexibility index (Phi) is 5.53. The number of oxime groups is 1. The predicted octanol–water partition coefficient (Wildman–Crippen LogP) is 3.53. The number of hydrogen-bond donors (Lipinski definition) is 1. The van der Waals surface area contributed by atoms with E-state index in [0.717, 1.165) is 5.56 Å². The van der Waals surface area contributed by atoms with E-state index in [-0.39, 0.29) is 17.8 Å². The molecule has 3 aromatic rings. The van der Waals surface area contributed by atoms with Crippen LogP contribution in [0.4, 0.5) is 4.39 Å². The Hall–Kier alpha value is -3.26. The normalized spacial score (nSPS) is 15.7. The number of hydrogen-bond acceptors (Lipinski definition) is 6. The summed E-state index contributed by atoms with van der Waals surface area (Å²) >= 11 is 5.85. The molecule has 1 amide bonds. The first-order valence-electron chi connectivity index (χ1n) is 8.90. The van der Waals surface area contributed by atoms with E-state index in [9.17, 15) is 9.18 Å². The molecule has 0 saturated carbocycles. The molecule has 0 aliphatic carbocycles. The van der Waals surface area contributed by atoms with E-state index in [4.69, 9.17) is 21.0 Å². The summed E-state index contributed by atoms with van der Waals surface area (Å²) in [5.41, 5.74) is 1.86. The van der Waals surface area contributed by atoms with Gasteiger partial charge in [-0.05, 0) is 42.0 Å². The van der Waals surface area contributed by atoms with Crippen LogP contribution in [-0.4, -0.2) is 27.9 Å². The molecule has 4 rings (SSSR count). The van der Waals surface area contributed by atoms with Crippen molar-refractivity contribution in [3.8, 4) is 11.5 Å². The van der Waals surface area contributed by atoms with E-state index in [2.05, 4.69) is 20.6 Å². The van der Waals surface area contributed by atoms with Crippen molar-refractivity contribution >= 4 is 23.2 Å². The Balaban J connectivity index is 1.29. The quantitative estimate of drug-likeness (QED) is 0.666. The summed E-state index contributed by atoms with van der Waals surface area (Å²) in [5.74, 6) is 0.0848. The lowest BCUT2D eigenvalue weighted by atomic mass is 10.1. The summed E-state index contributed by atoms with van der Waals surface area (Å²) in [4.78, 5) is 21.9. The van der Waals surface area contributed by atoms with E-state index >= 15 is 0 Å². The third-order valence-electron chi connectivity index (χ3n) is 4.33. The lowest BCUT2D eigenvalue weighted by Gasteiger charge is -2.05. The van der Waals surface area contributed by atoms with Gasteiger partial charge in [0.1, 0.15) is 17.6 Å². The molecule has 2 aromatic carbocycles.